The molecule has 0 saturated heterocycles. The predicted octanol–water partition coefficient (Wildman–Crippen LogP) is 5.12. The first kappa shape index (κ1) is 22.2. The lowest BCUT2D eigenvalue weighted by molar-refractivity contribution is -0.114. The molecule has 0 aliphatic carbocycles. The number of hydrogen-bond donors (Lipinski definition) is 3. The Morgan fingerprint density at radius 3 is 2.66 bits per heavy atom. The number of H-pyrrole nitrogens is 1. The molecular weight excluding hydrogens is 450 g/mol. The maximum Gasteiger partial charge on any atom is 0.284 e. The molecular formula is C27H20F2N4O2. The van der Waals surface area contributed by atoms with Crippen LogP contribution < -0.4 is 10.6 Å². The van der Waals surface area contributed by atoms with Gasteiger partial charge in [-0.3, -0.25) is 14.6 Å². The summed E-state index contributed by atoms with van der Waals surface area (Å²) in [6.45, 7) is 0.523. The number of nitrogens with zero attached hydrogens (tertiary/aromatic N) is 1. The van der Waals surface area contributed by atoms with Crippen LogP contribution in [0.5, 0.6) is 0 Å². The van der Waals surface area contributed by atoms with Crippen molar-refractivity contribution in [2.45, 2.75) is 6.42 Å². The molecule has 2 aromatic heterocycles. The number of amides is 2. The van der Waals surface area contributed by atoms with E-state index in [4.69, 9.17) is 0 Å². The molecule has 2 amide bonds. The highest BCUT2D eigenvalue weighted by molar-refractivity contribution is 6.05. The third kappa shape index (κ3) is 4.72. The third-order valence-electron chi connectivity index (χ3n) is 5.68. The van der Waals surface area contributed by atoms with Gasteiger partial charge in [0.25, 0.3) is 11.8 Å². The van der Waals surface area contributed by atoms with Gasteiger partial charge >= 0.3 is 0 Å². The number of aromatic amines is 1. The molecule has 1 aliphatic rings. The van der Waals surface area contributed by atoms with Gasteiger partial charge in [0, 0.05) is 41.2 Å². The monoisotopic (exact) mass is 470 g/mol. The van der Waals surface area contributed by atoms with Crippen LogP contribution in [-0.2, 0) is 11.2 Å². The predicted molar refractivity (Wildman–Crippen MR) is 130 cm³/mol. The van der Waals surface area contributed by atoms with Crippen LogP contribution in [0.3, 0.4) is 0 Å². The second kappa shape index (κ2) is 9.34. The molecule has 5 rings (SSSR count). The highest BCUT2D eigenvalue weighted by Gasteiger charge is 2.21. The van der Waals surface area contributed by atoms with Crippen molar-refractivity contribution in [2.24, 2.45) is 0 Å². The highest BCUT2D eigenvalue weighted by Crippen LogP contribution is 2.30. The first-order valence-corrected chi connectivity index (χ1v) is 11.0. The summed E-state index contributed by atoms with van der Waals surface area (Å²) in [5, 5.41) is 5.30. The van der Waals surface area contributed by atoms with E-state index in [0.29, 0.717) is 46.7 Å². The van der Waals surface area contributed by atoms with Gasteiger partial charge in [-0.25, -0.2) is 8.78 Å². The van der Waals surface area contributed by atoms with Crippen molar-refractivity contribution >= 4 is 23.6 Å². The van der Waals surface area contributed by atoms with Crippen LogP contribution in [0.2, 0.25) is 0 Å². The number of hydrogen-bond acceptors (Lipinski definition) is 3. The molecule has 0 atom stereocenters. The van der Waals surface area contributed by atoms with E-state index in [1.54, 1.807) is 66.7 Å². The van der Waals surface area contributed by atoms with E-state index in [9.17, 15) is 18.4 Å². The lowest BCUT2D eigenvalue weighted by Gasteiger charge is -2.11. The van der Waals surface area contributed by atoms with E-state index in [1.807, 2.05) is 0 Å². The zero-order valence-electron chi connectivity index (χ0n) is 18.4. The fraction of sp³-hybridized carbons (Fsp3) is 0.0741. The topological polar surface area (TPSA) is 86.9 Å². The summed E-state index contributed by atoms with van der Waals surface area (Å²) in [5.41, 5.74) is 4.00. The van der Waals surface area contributed by atoms with Crippen LogP contribution in [0.4, 0.5) is 14.5 Å². The van der Waals surface area contributed by atoms with Crippen LogP contribution in [0.1, 0.15) is 21.6 Å². The second-order valence-electron chi connectivity index (χ2n) is 8.07. The highest BCUT2D eigenvalue weighted by atomic mass is 19.1. The van der Waals surface area contributed by atoms with Crippen molar-refractivity contribution in [3.8, 4) is 22.5 Å². The molecule has 174 valence electrons. The van der Waals surface area contributed by atoms with Gasteiger partial charge in [-0.2, -0.15) is 0 Å². The van der Waals surface area contributed by atoms with E-state index < -0.39 is 17.6 Å². The number of carbonyl (C=O) groups excluding carboxylic acids is 2. The summed E-state index contributed by atoms with van der Waals surface area (Å²) < 4.78 is 29.0. The Hall–Kier alpha value is -4.59. The molecule has 2 aromatic carbocycles. The largest absolute Gasteiger partial charge is 0.358 e. The van der Waals surface area contributed by atoms with Gasteiger partial charge in [-0.05, 0) is 35.9 Å². The number of aromatic nitrogens is 2. The number of carbonyl (C=O) groups is 2. The van der Waals surface area contributed by atoms with E-state index in [0.717, 1.165) is 18.0 Å². The molecule has 0 unspecified atom stereocenters. The summed E-state index contributed by atoms with van der Waals surface area (Å²) in [7, 11) is 0. The number of nitrogens with one attached hydrogen (secondary N) is 3. The smallest absolute Gasteiger partial charge is 0.284 e. The molecule has 0 bridgehead atoms. The lowest BCUT2D eigenvalue weighted by atomic mass is 10.1. The Labute approximate surface area is 199 Å². The van der Waals surface area contributed by atoms with Crippen LogP contribution in [0.25, 0.3) is 28.6 Å². The van der Waals surface area contributed by atoms with Gasteiger partial charge in [0.2, 0.25) is 0 Å². The molecule has 4 aromatic rings. The van der Waals surface area contributed by atoms with Gasteiger partial charge in [0.1, 0.15) is 0 Å². The minimum atomic E-state index is -0.927. The summed E-state index contributed by atoms with van der Waals surface area (Å²) in [6.07, 6.45) is 2.90. The number of rotatable bonds is 5. The summed E-state index contributed by atoms with van der Waals surface area (Å²) in [5.74, 6) is -2.54. The zero-order chi connectivity index (χ0) is 24.4. The van der Waals surface area contributed by atoms with Crippen molar-refractivity contribution in [3.05, 3.63) is 101 Å². The molecule has 0 fully saturated rings. The minimum absolute atomic E-state index is 0.194. The van der Waals surface area contributed by atoms with Crippen molar-refractivity contribution in [1.29, 1.82) is 0 Å². The molecule has 3 heterocycles. The molecule has 0 saturated carbocycles. The van der Waals surface area contributed by atoms with Gasteiger partial charge < -0.3 is 15.6 Å². The fourth-order valence-corrected chi connectivity index (χ4v) is 3.95. The molecule has 0 radical (unpaired) electrons. The standard InChI is InChI=1S/C27H20F2N4O2/c28-21(11-16-5-2-1-3-6-16)27(35)32-18-8-4-7-17(12-18)24-13-19(22(29)15-31-24)25-14-20-23(33-25)9-10-30-26(20)34/h1-8,11-15,33H,9-10H2,(H,30,34)(H,32,35)/b21-11-. The number of halogens is 2. The fourth-order valence-electron chi connectivity index (χ4n) is 3.95. The Bertz CT molecular complexity index is 1460. The van der Waals surface area contributed by atoms with Gasteiger partial charge in [-0.1, -0.05) is 42.5 Å². The first-order chi connectivity index (χ1) is 17.0. The van der Waals surface area contributed by atoms with E-state index in [2.05, 4.69) is 20.6 Å². The maximum atomic E-state index is 14.7. The van der Waals surface area contributed by atoms with E-state index in [1.165, 1.54) is 0 Å². The number of pyridine rings is 1. The third-order valence-corrected chi connectivity index (χ3v) is 5.68. The maximum absolute atomic E-state index is 14.7. The van der Waals surface area contributed by atoms with E-state index in [-0.39, 0.29) is 11.5 Å². The molecule has 1 aliphatic heterocycles. The first-order valence-electron chi connectivity index (χ1n) is 11.0. The Morgan fingerprint density at radius 2 is 1.86 bits per heavy atom. The SMILES string of the molecule is O=C(Nc1cccc(-c2cc(-c3cc4c([nH]3)CCNC4=O)c(F)cn2)c1)/C(F)=C/c1ccccc1. The van der Waals surface area contributed by atoms with Gasteiger partial charge in [0.15, 0.2) is 11.6 Å². The van der Waals surface area contributed by atoms with Gasteiger partial charge in [0.05, 0.1) is 17.5 Å². The number of fused-ring (bicyclic) bond motifs is 1. The van der Waals surface area contributed by atoms with E-state index >= 15 is 0 Å². The quantitative estimate of drug-likeness (QED) is 0.354. The molecule has 0 spiro atoms. The lowest BCUT2D eigenvalue weighted by Crippen LogP contribution is -2.31. The molecule has 35 heavy (non-hydrogen) atoms. The summed E-state index contributed by atoms with van der Waals surface area (Å²) in [4.78, 5) is 31.7. The Balaban J connectivity index is 1.40. The summed E-state index contributed by atoms with van der Waals surface area (Å²) in [6, 6.07) is 18.6. The molecule has 8 heteroatoms. The minimum Gasteiger partial charge on any atom is -0.358 e. The van der Waals surface area contributed by atoms with Crippen molar-refractivity contribution < 1.29 is 18.4 Å². The van der Waals surface area contributed by atoms with Crippen LogP contribution in [0, 0.1) is 5.82 Å². The Kier molecular flexibility index (Phi) is 5.93. The van der Waals surface area contributed by atoms with Crippen molar-refractivity contribution in [3.63, 3.8) is 0 Å². The van der Waals surface area contributed by atoms with Crippen molar-refractivity contribution in [1.82, 2.24) is 15.3 Å². The molecule has 3 N–H and O–H groups in total. The van der Waals surface area contributed by atoms with Crippen LogP contribution in [0.15, 0.2) is 78.8 Å². The number of anilines is 1. The Morgan fingerprint density at radius 1 is 1.03 bits per heavy atom. The van der Waals surface area contributed by atoms with Crippen LogP contribution >= 0.6 is 0 Å². The van der Waals surface area contributed by atoms with Crippen molar-refractivity contribution in [2.75, 3.05) is 11.9 Å². The normalized spacial score (nSPS) is 13.2. The van der Waals surface area contributed by atoms with Gasteiger partial charge in [-0.15, -0.1) is 0 Å². The second-order valence-corrected chi connectivity index (χ2v) is 8.07. The molecule has 6 nitrogen and oxygen atoms in total. The average Bonchev–Trinajstić information content (AvgIpc) is 3.31. The zero-order valence-corrected chi connectivity index (χ0v) is 18.4. The van der Waals surface area contributed by atoms with Crippen LogP contribution in [-0.4, -0.2) is 28.3 Å². The number of benzene rings is 2. The average molecular weight is 470 g/mol. The summed E-state index contributed by atoms with van der Waals surface area (Å²) >= 11 is 0.